The van der Waals surface area contributed by atoms with E-state index in [4.69, 9.17) is 20.1 Å². The van der Waals surface area contributed by atoms with Crippen molar-refractivity contribution in [3.63, 3.8) is 0 Å². The van der Waals surface area contributed by atoms with Crippen molar-refractivity contribution in [2.45, 2.75) is 64.4 Å². The fourth-order valence-electron chi connectivity index (χ4n) is 4.23. The van der Waals surface area contributed by atoms with E-state index in [0.717, 1.165) is 52.2 Å². The molecule has 4 aromatic heterocycles. The molecule has 1 saturated carbocycles. The quantitative estimate of drug-likeness (QED) is 0.246. The molecule has 0 amide bonds. The second kappa shape index (κ2) is 9.39. The minimum Gasteiger partial charge on any atom is -0.413 e. The van der Waals surface area contributed by atoms with Crippen LogP contribution in [0.5, 0.6) is 0 Å². The van der Waals surface area contributed by atoms with Gasteiger partial charge < -0.3 is 10.2 Å². The molecule has 2 N–H and O–H groups in total. The van der Waals surface area contributed by atoms with Gasteiger partial charge in [-0.2, -0.15) is 15.0 Å². The van der Waals surface area contributed by atoms with Crippen LogP contribution in [0.2, 0.25) is 18.1 Å². The highest BCUT2D eigenvalue weighted by Crippen LogP contribution is 2.37. The Labute approximate surface area is 229 Å². The van der Waals surface area contributed by atoms with Gasteiger partial charge in [0.15, 0.2) is 19.8 Å². The lowest BCUT2D eigenvalue weighted by molar-refractivity contribution is 0.276. The number of pyridine rings is 2. The molecule has 5 aromatic rings. The van der Waals surface area contributed by atoms with Gasteiger partial charge in [-0.3, -0.25) is 4.57 Å². The highest BCUT2D eigenvalue weighted by molar-refractivity contribution is 6.74. The predicted molar refractivity (Wildman–Crippen MR) is 156 cm³/mol. The molecular weight excluding hydrogens is 504 g/mol. The van der Waals surface area contributed by atoms with Gasteiger partial charge >= 0.3 is 0 Å². The van der Waals surface area contributed by atoms with Gasteiger partial charge in [0.1, 0.15) is 17.0 Å². The zero-order chi connectivity index (χ0) is 27.4. The van der Waals surface area contributed by atoms with Crippen molar-refractivity contribution in [3.8, 4) is 28.5 Å². The van der Waals surface area contributed by atoms with Crippen LogP contribution in [0.3, 0.4) is 0 Å². The first-order chi connectivity index (χ1) is 18.6. The second-order valence-electron chi connectivity index (χ2n) is 11.7. The van der Waals surface area contributed by atoms with Gasteiger partial charge in [-0.15, -0.1) is 0 Å². The molecule has 0 unspecified atom stereocenters. The maximum Gasteiger partial charge on any atom is 0.192 e. The number of imidazole rings is 1. The Morgan fingerprint density at radius 2 is 1.77 bits per heavy atom. The molecule has 1 aliphatic rings. The van der Waals surface area contributed by atoms with Crippen molar-refractivity contribution in [2.75, 3.05) is 5.73 Å². The minimum atomic E-state index is -1.85. The fourth-order valence-corrected chi connectivity index (χ4v) is 5.19. The summed E-state index contributed by atoms with van der Waals surface area (Å²) in [4.78, 5) is 16.0. The van der Waals surface area contributed by atoms with Crippen molar-refractivity contribution in [1.29, 1.82) is 0 Å². The zero-order valence-electron chi connectivity index (χ0n) is 23.1. The molecule has 0 bridgehead atoms. The molecule has 0 aliphatic heterocycles. The molecule has 1 fully saturated rings. The lowest BCUT2D eigenvalue weighted by atomic mass is 10.2. The van der Waals surface area contributed by atoms with Gasteiger partial charge in [-0.1, -0.05) is 32.9 Å². The Bertz CT molecular complexity index is 1640. The smallest absolute Gasteiger partial charge is 0.192 e. The Morgan fingerprint density at radius 1 is 1.00 bits per heavy atom. The van der Waals surface area contributed by atoms with Gasteiger partial charge in [0.05, 0.1) is 30.1 Å². The molecule has 0 radical (unpaired) electrons. The Hall–Kier alpha value is -3.89. The first kappa shape index (κ1) is 25.4. The Balaban J connectivity index is 1.41. The van der Waals surface area contributed by atoms with Crippen LogP contribution >= 0.6 is 0 Å². The summed E-state index contributed by atoms with van der Waals surface area (Å²) in [6.07, 6.45) is 5.72. The third-order valence-corrected chi connectivity index (χ3v) is 12.3. The average Bonchev–Trinajstić information content (AvgIpc) is 3.51. The van der Waals surface area contributed by atoms with Crippen LogP contribution in [0.1, 0.15) is 45.2 Å². The van der Waals surface area contributed by atoms with E-state index in [0.29, 0.717) is 24.3 Å². The Kier molecular flexibility index (Phi) is 6.11. The number of anilines is 1. The van der Waals surface area contributed by atoms with Gasteiger partial charge in [0, 0.05) is 11.9 Å². The lowest BCUT2D eigenvalue weighted by Crippen LogP contribution is -2.40. The summed E-state index contributed by atoms with van der Waals surface area (Å²) in [5.41, 5.74) is 12.1. The highest BCUT2D eigenvalue weighted by Gasteiger charge is 2.37. The molecule has 39 heavy (non-hydrogen) atoms. The van der Waals surface area contributed by atoms with E-state index < -0.39 is 8.32 Å². The van der Waals surface area contributed by atoms with Crippen molar-refractivity contribution in [2.24, 2.45) is 0 Å². The van der Waals surface area contributed by atoms with Crippen LogP contribution in [-0.2, 0) is 11.0 Å². The van der Waals surface area contributed by atoms with E-state index in [9.17, 15) is 0 Å². The number of hydrogen-bond acceptors (Lipinski definition) is 7. The minimum absolute atomic E-state index is 0.161. The van der Waals surface area contributed by atoms with Gasteiger partial charge in [0.2, 0.25) is 0 Å². The van der Waals surface area contributed by atoms with Crippen LogP contribution in [0.4, 0.5) is 5.82 Å². The first-order valence-corrected chi connectivity index (χ1v) is 16.3. The second-order valence-corrected chi connectivity index (χ2v) is 16.6. The third kappa shape index (κ3) is 4.85. The number of rotatable bonds is 7. The summed E-state index contributed by atoms with van der Waals surface area (Å²) < 4.78 is 8.48. The number of nitrogens with two attached hydrogens (primary N) is 1. The Morgan fingerprint density at radius 3 is 2.46 bits per heavy atom. The molecular formula is C29H34N8OSi. The summed E-state index contributed by atoms with van der Waals surface area (Å²) in [5, 5.41) is 9.28. The molecule has 0 atom stereocenters. The van der Waals surface area contributed by atoms with Gasteiger partial charge in [0.25, 0.3) is 0 Å². The number of benzene rings is 1. The summed E-state index contributed by atoms with van der Waals surface area (Å²) in [6, 6.07) is 16.5. The van der Waals surface area contributed by atoms with E-state index in [-0.39, 0.29) is 5.04 Å². The van der Waals surface area contributed by atoms with Crippen molar-refractivity contribution in [1.82, 2.24) is 34.5 Å². The SMILES string of the molecule is CC(C)(C)[Si](C)(C)OCc1ccc(-n2c(-c3cccnc3N)nc3ccc(-c4cnn(C5CC5)n4)nc32)cc1. The summed E-state index contributed by atoms with van der Waals surface area (Å²) in [5.74, 6) is 1.10. The zero-order valence-corrected chi connectivity index (χ0v) is 24.1. The third-order valence-electron chi connectivity index (χ3n) is 7.83. The maximum atomic E-state index is 6.45. The van der Waals surface area contributed by atoms with Crippen LogP contribution in [0, 0.1) is 0 Å². The molecule has 1 aliphatic carbocycles. The summed E-state index contributed by atoms with van der Waals surface area (Å²) in [6.45, 7) is 11.9. The number of aromatic nitrogens is 7. The van der Waals surface area contributed by atoms with Gasteiger partial charge in [-0.05, 0) is 72.9 Å². The molecule has 0 spiro atoms. The molecule has 200 valence electrons. The summed E-state index contributed by atoms with van der Waals surface area (Å²) >= 11 is 0. The van der Waals surface area contributed by atoms with Crippen LogP contribution in [0.25, 0.3) is 39.6 Å². The molecule has 6 rings (SSSR count). The van der Waals surface area contributed by atoms with Crippen molar-refractivity contribution >= 4 is 25.3 Å². The fraction of sp³-hybridized carbons (Fsp3) is 0.345. The van der Waals surface area contributed by atoms with Gasteiger partial charge in [-0.25, -0.2) is 15.0 Å². The molecule has 10 heteroatoms. The maximum absolute atomic E-state index is 6.45. The number of hydrogen-bond donors (Lipinski definition) is 1. The molecule has 4 heterocycles. The van der Waals surface area contributed by atoms with E-state index in [1.807, 2.05) is 28.8 Å². The molecule has 1 aromatic carbocycles. The van der Waals surface area contributed by atoms with Crippen molar-refractivity contribution < 1.29 is 4.43 Å². The standard InChI is InChI=1S/C29H34N8OSi/c1-29(2,3)39(4,5)38-18-19-8-10-20(11-9-19)36-27(22-7-6-16-31-26(22)30)34-24-15-14-23(33-28(24)36)25-17-32-37(35-25)21-12-13-21/h6-11,14-17,21H,12-13,18H2,1-5H3,(H2,30,31). The lowest BCUT2D eigenvalue weighted by Gasteiger charge is -2.36. The highest BCUT2D eigenvalue weighted by atomic mass is 28.4. The van der Waals surface area contributed by atoms with Crippen molar-refractivity contribution in [3.05, 3.63) is 66.5 Å². The van der Waals surface area contributed by atoms with E-state index in [1.165, 1.54) is 0 Å². The predicted octanol–water partition coefficient (Wildman–Crippen LogP) is 6.18. The largest absolute Gasteiger partial charge is 0.413 e. The van der Waals surface area contributed by atoms with Crippen LogP contribution < -0.4 is 5.73 Å². The first-order valence-electron chi connectivity index (χ1n) is 13.4. The van der Waals surface area contributed by atoms with E-state index >= 15 is 0 Å². The number of fused-ring (bicyclic) bond motifs is 1. The number of nitrogens with zero attached hydrogens (tertiary/aromatic N) is 7. The summed E-state index contributed by atoms with van der Waals surface area (Å²) in [7, 11) is -1.85. The topological polar surface area (TPSA) is 110 Å². The monoisotopic (exact) mass is 538 g/mol. The molecule has 0 saturated heterocycles. The average molecular weight is 539 g/mol. The van der Waals surface area contributed by atoms with E-state index in [1.54, 1.807) is 17.2 Å². The van der Waals surface area contributed by atoms with E-state index in [2.05, 4.69) is 73.3 Å². The van der Waals surface area contributed by atoms with Crippen LogP contribution in [-0.4, -0.2) is 42.8 Å². The number of nitrogen functional groups attached to an aromatic ring is 1. The molecule has 9 nitrogen and oxygen atoms in total. The normalized spacial score (nSPS) is 14.3. The van der Waals surface area contributed by atoms with Crippen LogP contribution in [0.15, 0.2) is 60.9 Å².